The average molecular weight is 297 g/mol. The molecule has 0 saturated carbocycles. The van der Waals surface area contributed by atoms with Crippen molar-refractivity contribution in [3.8, 4) is 5.75 Å². The van der Waals surface area contributed by atoms with E-state index < -0.39 is 18.0 Å². The molecule has 118 valence electrons. The van der Waals surface area contributed by atoms with Gasteiger partial charge in [-0.1, -0.05) is 13.8 Å². The van der Waals surface area contributed by atoms with E-state index in [4.69, 9.17) is 4.74 Å². The number of aliphatic hydroxyl groups excluding tert-OH is 1. The molecule has 5 heteroatoms. The molecule has 2 N–H and O–H groups in total. The average Bonchev–Trinajstić information content (AvgIpc) is 2.39. The van der Waals surface area contributed by atoms with Gasteiger partial charge in [0.15, 0.2) is 6.10 Å². The Bertz CT molecular complexity index is 475. The highest BCUT2D eigenvalue weighted by molar-refractivity contribution is 5.80. The molecule has 1 aromatic carbocycles. The van der Waals surface area contributed by atoms with Crippen molar-refractivity contribution in [2.45, 2.75) is 46.3 Å². The van der Waals surface area contributed by atoms with Crippen LogP contribution in [-0.4, -0.2) is 23.7 Å². The Morgan fingerprint density at radius 1 is 1.33 bits per heavy atom. The molecule has 0 saturated heterocycles. The fraction of sp³-hybridized carbons (Fsp3) is 0.562. The maximum atomic E-state index is 13.2. The number of rotatable bonds is 7. The van der Waals surface area contributed by atoms with Gasteiger partial charge >= 0.3 is 0 Å². The summed E-state index contributed by atoms with van der Waals surface area (Å²) in [6.45, 7) is 7.91. The van der Waals surface area contributed by atoms with Crippen LogP contribution in [0.25, 0.3) is 0 Å². The minimum atomic E-state index is -0.869. The number of benzene rings is 1. The number of nitrogens with one attached hydrogen (secondary N) is 1. The lowest BCUT2D eigenvalue weighted by atomic mass is 10.1. The molecule has 0 fully saturated rings. The second kappa shape index (κ2) is 7.98. The van der Waals surface area contributed by atoms with E-state index in [9.17, 15) is 14.3 Å². The molecule has 0 radical (unpaired) electrons. The van der Waals surface area contributed by atoms with Gasteiger partial charge in [-0.05, 0) is 44.4 Å². The Morgan fingerprint density at radius 3 is 2.57 bits per heavy atom. The molecule has 1 amide bonds. The summed E-state index contributed by atoms with van der Waals surface area (Å²) in [5, 5.41) is 12.4. The fourth-order valence-electron chi connectivity index (χ4n) is 1.82. The third kappa shape index (κ3) is 5.71. The predicted octanol–water partition coefficient (Wildman–Crippen LogP) is 2.81. The highest BCUT2D eigenvalue weighted by atomic mass is 19.1. The molecule has 2 atom stereocenters. The lowest BCUT2D eigenvalue weighted by Gasteiger charge is -2.18. The van der Waals surface area contributed by atoms with Crippen molar-refractivity contribution >= 4 is 5.91 Å². The van der Waals surface area contributed by atoms with Gasteiger partial charge in [-0.15, -0.1) is 0 Å². The lowest BCUT2D eigenvalue weighted by molar-refractivity contribution is -0.127. The smallest absolute Gasteiger partial charge is 0.260 e. The summed E-state index contributed by atoms with van der Waals surface area (Å²) in [6, 6.07) is 3.88. The maximum absolute atomic E-state index is 13.2. The molecule has 0 aromatic heterocycles. The molecule has 2 unspecified atom stereocenters. The van der Waals surface area contributed by atoms with E-state index in [0.29, 0.717) is 23.8 Å². The number of hydrogen-bond donors (Lipinski definition) is 2. The van der Waals surface area contributed by atoms with E-state index in [-0.39, 0.29) is 5.91 Å². The van der Waals surface area contributed by atoms with E-state index in [1.807, 2.05) is 0 Å². The van der Waals surface area contributed by atoms with Crippen molar-refractivity contribution in [2.75, 3.05) is 6.54 Å². The Labute approximate surface area is 125 Å². The fourth-order valence-corrected chi connectivity index (χ4v) is 1.82. The molecule has 21 heavy (non-hydrogen) atoms. The summed E-state index contributed by atoms with van der Waals surface area (Å²) in [5.74, 6) is 0.155. The Balaban J connectivity index is 2.65. The van der Waals surface area contributed by atoms with Crippen molar-refractivity contribution in [3.05, 3.63) is 29.6 Å². The lowest BCUT2D eigenvalue weighted by Crippen LogP contribution is -2.37. The van der Waals surface area contributed by atoms with E-state index in [0.717, 1.165) is 6.42 Å². The number of hydrogen-bond acceptors (Lipinski definition) is 3. The number of aliphatic hydroxyl groups is 1. The summed E-state index contributed by atoms with van der Waals surface area (Å²) in [7, 11) is 0. The third-order valence-electron chi connectivity index (χ3n) is 3.12. The SMILES string of the molecule is CC(C)CCNC(=O)C(C)Oc1ccc(F)cc1C(C)O. The number of carbonyl (C=O) groups is 1. The van der Waals surface area contributed by atoms with E-state index >= 15 is 0 Å². The van der Waals surface area contributed by atoms with Crippen molar-refractivity contribution < 1.29 is 19.0 Å². The second-order valence-corrected chi connectivity index (χ2v) is 5.59. The molecular weight excluding hydrogens is 273 g/mol. The van der Waals surface area contributed by atoms with Gasteiger partial charge < -0.3 is 15.2 Å². The largest absolute Gasteiger partial charge is 0.481 e. The van der Waals surface area contributed by atoms with Crippen LogP contribution in [0.15, 0.2) is 18.2 Å². The van der Waals surface area contributed by atoms with Gasteiger partial charge in [-0.3, -0.25) is 4.79 Å². The molecular formula is C16H24FNO3. The molecule has 4 nitrogen and oxygen atoms in total. The molecule has 0 aliphatic rings. The molecule has 1 aromatic rings. The topological polar surface area (TPSA) is 58.6 Å². The summed E-state index contributed by atoms with van der Waals surface area (Å²) >= 11 is 0. The van der Waals surface area contributed by atoms with Gasteiger partial charge in [0.2, 0.25) is 0 Å². The monoisotopic (exact) mass is 297 g/mol. The second-order valence-electron chi connectivity index (χ2n) is 5.59. The van der Waals surface area contributed by atoms with Crippen LogP contribution in [0.2, 0.25) is 0 Å². The first-order valence-electron chi connectivity index (χ1n) is 7.23. The standard InChI is InChI=1S/C16H24FNO3/c1-10(2)7-8-18-16(20)12(4)21-15-6-5-13(17)9-14(15)11(3)19/h5-6,9-12,19H,7-8H2,1-4H3,(H,18,20). The van der Waals surface area contributed by atoms with Crippen LogP contribution in [0.3, 0.4) is 0 Å². The van der Waals surface area contributed by atoms with Gasteiger partial charge in [0, 0.05) is 12.1 Å². The zero-order valence-electron chi connectivity index (χ0n) is 13.0. The Hall–Kier alpha value is -1.62. The number of amides is 1. The van der Waals surface area contributed by atoms with Crippen molar-refractivity contribution in [2.24, 2.45) is 5.92 Å². The third-order valence-corrected chi connectivity index (χ3v) is 3.12. The molecule has 1 rings (SSSR count). The Morgan fingerprint density at radius 2 is 2.00 bits per heavy atom. The minimum Gasteiger partial charge on any atom is -0.481 e. The van der Waals surface area contributed by atoms with Crippen molar-refractivity contribution in [1.82, 2.24) is 5.32 Å². The zero-order chi connectivity index (χ0) is 16.0. The first kappa shape index (κ1) is 17.4. The summed E-state index contributed by atoms with van der Waals surface area (Å²) in [4.78, 5) is 11.9. The van der Waals surface area contributed by atoms with E-state index in [2.05, 4.69) is 19.2 Å². The van der Waals surface area contributed by atoms with Crippen molar-refractivity contribution in [3.63, 3.8) is 0 Å². The van der Waals surface area contributed by atoms with Crippen LogP contribution in [0, 0.1) is 11.7 Å². The first-order chi connectivity index (χ1) is 9.81. The summed E-state index contributed by atoms with van der Waals surface area (Å²) in [5.41, 5.74) is 0.330. The van der Waals surface area contributed by atoms with Gasteiger partial charge in [-0.25, -0.2) is 4.39 Å². The van der Waals surface area contributed by atoms with E-state index in [1.165, 1.54) is 25.1 Å². The number of halogens is 1. The van der Waals surface area contributed by atoms with Gasteiger partial charge in [0.25, 0.3) is 5.91 Å². The Kier molecular flexibility index (Phi) is 6.62. The number of ether oxygens (including phenoxy) is 1. The maximum Gasteiger partial charge on any atom is 0.260 e. The summed E-state index contributed by atoms with van der Waals surface area (Å²) in [6.07, 6.45) is -0.680. The summed E-state index contributed by atoms with van der Waals surface area (Å²) < 4.78 is 18.7. The van der Waals surface area contributed by atoms with Gasteiger partial charge in [-0.2, -0.15) is 0 Å². The van der Waals surface area contributed by atoms with Crippen LogP contribution in [0.4, 0.5) is 4.39 Å². The van der Waals surface area contributed by atoms with Crippen LogP contribution < -0.4 is 10.1 Å². The van der Waals surface area contributed by atoms with Crippen LogP contribution in [0.5, 0.6) is 5.75 Å². The highest BCUT2D eigenvalue weighted by Gasteiger charge is 2.18. The van der Waals surface area contributed by atoms with Crippen LogP contribution in [0.1, 0.15) is 45.8 Å². The highest BCUT2D eigenvalue weighted by Crippen LogP contribution is 2.26. The van der Waals surface area contributed by atoms with Gasteiger partial charge in [0.1, 0.15) is 11.6 Å². The van der Waals surface area contributed by atoms with E-state index in [1.54, 1.807) is 6.92 Å². The molecule has 0 heterocycles. The molecule has 0 aliphatic carbocycles. The van der Waals surface area contributed by atoms with Gasteiger partial charge in [0.05, 0.1) is 6.10 Å². The predicted molar refractivity (Wildman–Crippen MR) is 79.6 cm³/mol. The quantitative estimate of drug-likeness (QED) is 0.813. The number of carbonyl (C=O) groups excluding carboxylic acids is 1. The zero-order valence-corrected chi connectivity index (χ0v) is 13.0. The van der Waals surface area contributed by atoms with Crippen LogP contribution in [-0.2, 0) is 4.79 Å². The minimum absolute atomic E-state index is 0.225. The molecule has 0 bridgehead atoms. The normalized spacial score (nSPS) is 13.9. The van der Waals surface area contributed by atoms with Crippen LogP contribution >= 0.6 is 0 Å². The van der Waals surface area contributed by atoms with Crippen molar-refractivity contribution in [1.29, 1.82) is 0 Å². The first-order valence-corrected chi connectivity index (χ1v) is 7.23. The molecule has 0 aliphatic heterocycles. The molecule has 0 spiro atoms.